The van der Waals surface area contributed by atoms with E-state index in [-0.39, 0.29) is 4.47 Å². The van der Waals surface area contributed by atoms with Crippen molar-refractivity contribution in [3.8, 4) is 6.07 Å². The average molecular weight is 269 g/mol. The van der Waals surface area contributed by atoms with Gasteiger partial charge in [-0.15, -0.1) is 0 Å². The number of aliphatic carboxylic acids is 1. The molecule has 3 nitrogen and oxygen atoms in total. The quantitative estimate of drug-likeness (QED) is 0.599. The second-order valence-corrected chi connectivity index (χ2v) is 3.49. The van der Waals surface area contributed by atoms with E-state index in [0.29, 0.717) is 5.56 Å². The average Bonchev–Trinajstić information content (AvgIpc) is 2.19. The molecule has 0 atom stereocenters. The molecule has 0 aliphatic rings. The van der Waals surface area contributed by atoms with Crippen LogP contribution in [0.2, 0.25) is 0 Å². The Bertz CT molecular complexity index is 477. The van der Waals surface area contributed by atoms with Gasteiger partial charge in [0.15, 0.2) is 0 Å². The number of nitrogens with zero attached hydrogens (tertiary/aromatic N) is 1. The zero-order valence-corrected chi connectivity index (χ0v) is 8.92. The molecule has 0 aliphatic carbocycles. The van der Waals surface area contributed by atoms with Crippen molar-refractivity contribution in [2.24, 2.45) is 0 Å². The Balaban J connectivity index is 3.14. The number of carboxylic acid groups (broad SMARTS) is 1. The zero-order chi connectivity index (χ0) is 11.4. The van der Waals surface area contributed by atoms with Crippen molar-refractivity contribution in [3.63, 3.8) is 0 Å². The number of carboxylic acids is 1. The van der Waals surface area contributed by atoms with E-state index < -0.39 is 17.4 Å². The van der Waals surface area contributed by atoms with Gasteiger partial charge in [0.1, 0.15) is 11.9 Å². The Morgan fingerprint density at radius 2 is 2.27 bits per heavy atom. The molecule has 0 radical (unpaired) electrons. The van der Waals surface area contributed by atoms with E-state index in [2.05, 4.69) is 15.9 Å². The van der Waals surface area contributed by atoms with Gasteiger partial charge in [-0.05, 0) is 39.7 Å². The van der Waals surface area contributed by atoms with Gasteiger partial charge in [0.2, 0.25) is 0 Å². The van der Waals surface area contributed by atoms with Crippen LogP contribution < -0.4 is 5.11 Å². The minimum atomic E-state index is -1.56. The van der Waals surface area contributed by atoms with Crippen LogP contribution in [0.3, 0.4) is 0 Å². The van der Waals surface area contributed by atoms with Crippen LogP contribution in [-0.2, 0) is 4.79 Å². The fourth-order valence-corrected chi connectivity index (χ4v) is 1.30. The molecule has 0 aliphatic heterocycles. The van der Waals surface area contributed by atoms with Crippen LogP contribution in [0.15, 0.2) is 28.2 Å². The number of hydrogen-bond acceptors (Lipinski definition) is 3. The van der Waals surface area contributed by atoms with Gasteiger partial charge in [-0.25, -0.2) is 4.39 Å². The van der Waals surface area contributed by atoms with Gasteiger partial charge in [0, 0.05) is 0 Å². The summed E-state index contributed by atoms with van der Waals surface area (Å²) in [6.07, 6.45) is 1.11. The van der Waals surface area contributed by atoms with Gasteiger partial charge >= 0.3 is 0 Å². The Labute approximate surface area is 93.6 Å². The van der Waals surface area contributed by atoms with Gasteiger partial charge < -0.3 is 9.90 Å². The fourth-order valence-electron chi connectivity index (χ4n) is 0.906. The lowest BCUT2D eigenvalue weighted by molar-refractivity contribution is -0.298. The maximum Gasteiger partial charge on any atom is 0.137 e. The summed E-state index contributed by atoms with van der Waals surface area (Å²) in [5.74, 6) is -2.02. The molecule has 0 unspecified atom stereocenters. The van der Waals surface area contributed by atoms with E-state index in [1.165, 1.54) is 24.3 Å². The minimum Gasteiger partial charge on any atom is -0.544 e. The van der Waals surface area contributed by atoms with E-state index in [0.717, 1.165) is 6.08 Å². The Hall–Kier alpha value is -1.67. The molecule has 0 spiro atoms. The highest BCUT2D eigenvalue weighted by Gasteiger charge is 2.01. The summed E-state index contributed by atoms with van der Waals surface area (Å²) >= 11 is 2.94. The number of hydrogen-bond donors (Lipinski definition) is 0. The van der Waals surface area contributed by atoms with Gasteiger partial charge in [-0.2, -0.15) is 5.26 Å². The topological polar surface area (TPSA) is 63.9 Å². The molecule has 0 saturated carbocycles. The lowest BCUT2D eigenvalue weighted by Crippen LogP contribution is -2.23. The molecule has 15 heavy (non-hydrogen) atoms. The largest absolute Gasteiger partial charge is 0.544 e. The number of benzene rings is 1. The molecule has 0 heterocycles. The lowest BCUT2D eigenvalue weighted by Gasteiger charge is -2.00. The van der Waals surface area contributed by atoms with Crippen LogP contribution in [0.1, 0.15) is 5.56 Å². The highest BCUT2D eigenvalue weighted by atomic mass is 79.9. The number of halogens is 2. The fraction of sp³-hybridized carbons (Fsp3) is 0. The SMILES string of the molecule is N#C/C(=C\c1ccc(F)c(Br)c1)C(=O)[O-]. The second kappa shape index (κ2) is 4.71. The smallest absolute Gasteiger partial charge is 0.137 e. The van der Waals surface area contributed by atoms with Gasteiger partial charge in [0.25, 0.3) is 0 Å². The molecule has 1 aromatic carbocycles. The maximum absolute atomic E-state index is 12.8. The van der Waals surface area contributed by atoms with Crippen molar-refractivity contribution < 1.29 is 14.3 Å². The normalized spacial score (nSPS) is 10.9. The highest BCUT2D eigenvalue weighted by molar-refractivity contribution is 9.10. The van der Waals surface area contributed by atoms with Crippen molar-refractivity contribution in [2.45, 2.75) is 0 Å². The summed E-state index contributed by atoms with van der Waals surface area (Å²) in [5, 5.41) is 18.9. The molecule has 0 amide bonds. The number of carbonyl (C=O) groups is 1. The Kier molecular flexibility index (Phi) is 3.58. The Morgan fingerprint density at radius 3 is 2.73 bits per heavy atom. The molecule has 76 valence electrons. The van der Waals surface area contributed by atoms with Crippen molar-refractivity contribution in [1.29, 1.82) is 5.26 Å². The Morgan fingerprint density at radius 1 is 1.60 bits per heavy atom. The molecule has 0 bridgehead atoms. The first kappa shape index (κ1) is 11.4. The molecule has 1 aromatic rings. The molecule has 1 rings (SSSR count). The zero-order valence-electron chi connectivity index (χ0n) is 7.33. The van der Waals surface area contributed by atoms with Crippen LogP contribution in [0.25, 0.3) is 6.08 Å². The first-order chi connectivity index (χ1) is 7.04. The predicted molar refractivity (Wildman–Crippen MR) is 52.7 cm³/mol. The van der Waals surface area contributed by atoms with Crippen LogP contribution in [0.5, 0.6) is 0 Å². The van der Waals surface area contributed by atoms with Crippen LogP contribution >= 0.6 is 15.9 Å². The van der Waals surface area contributed by atoms with Gasteiger partial charge in [-0.3, -0.25) is 0 Å². The van der Waals surface area contributed by atoms with Crippen molar-refractivity contribution >= 4 is 28.0 Å². The van der Waals surface area contributed by atoms with E-state index in [4.69, 9.17) is 5.26 Å². The van der Waals surface area contributed by atoms with Gasteiger partial charge in [0.05, 0.1) is 16.0 Å². The molecule has 5 heteroatoms. The highest BCUT2D eigenvalue weighted by Crippen LogP contribution is 2.18. The first-order valence-electron chi connectivity index (χ1n) is 3.83. The summed E-state index contributed by atoms with van der Waals surface area (Å²) in [7, 11) is 0. The maximum atomic E-state index is 12.8. The van der Waals surface area contributed by atoms with Crippen LogP contribution in [0, 0.1) is 17.1 Å². The van der Waals surface area contributed by atoms with Crippen LogP contribution in [-0.4, -0.2) is 5.97 Å². The summed E-state index contributed by atoms with van der Waals surface area (Å²) in [6, 6.07) is 5.37. The first-order valence-corrected chi connectivity index (χ1v) is 4.62. The number of carbonyl (C=O) groups excluding carboxylic acids is 1. The van der Waals surface area contributed by atoms with Crippen molar-refractivity contribution in [1.82, 2.24) is 0 Å². The number of nitriles is 1. The summed E-state index contributed by atoms with van der Waals surface area (Å²) in [6.45, 7) is 0. The second-order valence-electron chi connectivity index (χ2n) is 2.63. The molecule has 0 aromatic heterocycles. The third-order valence-corrected chi connectivity index (χ3v) is 2.20. The molecule has 0 saturated heterocycles. The summed E-state index contributed by atoms with van der Waals surface area (Å²) in [4.78, 5) is 10.4. The summed E-state index contributed by atoms with van der Waals surface area (Å²) in [5.41, 5.74) is -0.0995. The van der Waals surface area contributed by atoms with E-state index in [1.807, 2.05) is 0 Å². The van der Waals surface area contributed by atoms with E-state index in [9.17, 15) is 14.3 Å². The third-order valence-electron chi connectivity index (χ3n) is 1.60. The molecule has 0 N–H and O–H groups in total. The van der Waals surface area contributed by atoms with Crippen LogP contribution in [0.4, 0.5) is 4.39 Å². The van der Waals surface area contributed by atoms with Crippen molar-refractivity contribution in [3.05, 3.63) is 39.6 Å². The molecular weight excluding hydrogens is 265 g/mol. The van der Waals surface area contributed by atoms with E-state index >= 15 is 0 Å². The molecular formula is C10H4BrFNO2-. The standard InChI is InChI=1S/C10H5BrFNO2/c11-8-4-6(1-2-9(8)12)3-7(5-13)10(14)15/h1-4H,(H,14,15)/p-1/b7-3+. The van der Waals surface area contributed by atoms with E-state index in [1.54, 1.807) is 0 Å². The minimum absolute atomic E-state index is 0.201. The summed E-state index contributed by atoms with van der Waals surface area (Å²) < 4.78 is 13.0. The lowest BCUT2D eigenvalue weighted by atomic mass is 10.1. The van der Waals surface area contributed by atoms with Gasteiger partial charge in [-0.1, -0.05) is 6.07 Å². The third kappa shape index (κ3) is 2.89. The molecule has 0 fully saturated rings. The predicted octanol–water partition coefficient (Wildman–Crippen LogP) is 1.25. The van der Waals surface area contributed by atoms with Crippen molar-refractivity contribution in [2.75, 3.05) is 0 Å². The monoisotopic (exact) mass is 268 g/mol. The number of rotatable bonds is 2.